The number of carbonyl (C=O) groups excluding carboxylic acids is 1. The Morgan fingerprint density at radius 1 is 1.24 bits per heavy atom. The van der Waals surface area contributed by atoms with Gasteiger partial charge in [-0.1, -0.05) is 0 Å². The normalized spacial score (nSPS) is 11.7. The summed E-state index contributed by atoms with van der Waals surface area (Å²) in [7, 11) is 0. The highest BCUT2D eigenvalue weighted by Gasteiger charge is 2.25. The molecule has 0 radical (unpaired) electrons. The van der Waals surface area contributed by atoms with E-state index in [9.17, 15) is 14.9 Å². The largest absolute Gasteiger partial charge is 0.327 e. The summed E-state index contributed by atoms with van der Waals surface area (Å²) < 4.78 is 1.55. The molecule has 0 atom stereocenters. The summed E-state index contributed by atoms with van der Waals surface area (Å²) in [4.78, 5) is 21.2. The second kappa shape index (κ2) is 5.23. The quantitative estimate of drug-likeness (QED) is 0.397. The molecule has 2 aromatic rings. The van der Waals surface area contributed by atoms with Crippen molar-refractivity contribution in [3.05, 3.63) is 54.5 Å². The van der Waals surface area contributed by atoms with Crippen LogP contribution in [0.3, 0.4) is 0 Å². The number of amides is 1. The van der Waals surface area contributed by atoms with E-state index in [0.717, 1.165) is 31.2 Å². The van der Waals surface area contributed by atoms with Crippen LogP contribution in [0.5, 0.6) is 0 Å². The molecule has 1 N–H and O–H groups in total. The lowest BCUT2D eigenvalue weighted by atomic mass is 10.1. The molecule has 0 heterocycles. The maximum absolute atomic E-state index is 10.9. The van der Waals surface area contributed by atoms with Crippen LogP contribution in [0.15, 0.2) is 33.2 Å². The lowest BCUT2D eigenvalue weighted by molar-refractivity contribution is -0.384. The number of carbonyl (C=O) groups is 1. The van der Waals surface area contributed by atoms with Crippen molar-refractivity contribution in [1.29, 1.82) is 0 Å². The van der Waals surface area contributed by atoms with Crippen LogP contribution in [0.4, 0.5) is 11.4 Å². The number of nitro groups is 1. The van der Waals surface area contributed by atoms with Gasteiger partial charge in [0.2, 0.25) is 6.41 Å². The van der Waals surface area contributed by atoms with Gasteiger partial charge in [-0.2, -0.15) is 0 Å². The molecule has 1 aliphatic carbocycles. The maximum atomic E-state index is 10.9. The molecular weight excluding hydrogens is 404 g/mol. The smallest absolute Gasteiger partial charge is 0.269 e. The Morgan fingerprint density at radius 3 is 2.67 bits per heavy atom. The fraction of sp³-hybridized carbons (Fsp3) is 0.0714. The zero-order valence-electron chi connectivity index (χ0n) is 10.5. The third-order valence-corrected chi connectivity index (χ3v) is 4.98. The average Bonchev–Trinajstić information content (AvgIpc) is 2.81. The molecule has 0 saturated heterocycles. The van der Waals surface area contributed by atoms with Crippen LogP contribution < -0.4 is 5.32 Å². The van der Waals surface area contributed by atoms with E-state index in [2.05, 4.69) is 37.2 Å². The van der Waals surface area contributed by atoms with Gasteiger partial charge in [0.15, 0.2) is 0 Å². The molecule has 0 fully saturated rings. The maximum Gasteiger partial charge on any atom is 0.269 e. The van der Waals surface area contributed by atoms with Crippen LogP contribution in [0, 0.1) is 10.1 Å². The third kappa shape index (κ3) is 2.26. The molecule has 0 saturated carbocycles. The number of nitrogens with zero attached hydrogens (tertiary/aromatic N) is 1. The van der Waals surface area contributed by atoms with Gasteiger partial charge >= 0.3 is 0 Å². The number of hydrogen-bond donors (Lipinski definition) is 1. The number of nitrogens with one attached hydrogen (secondary N) is 1. The van der Waals surface area contributed by atoms with Gasteiger partial charge in [-0.25, -0.2) is 0 Å². The van der Waals surface area contributed by atoms with Crippen molar-refractivity contribution < 1.29 is 9.72 Å². The first-order valence-corrected chi connectivity index (χ1v) is 7.60. The number of non-ortho nitro benzene ring substituents is 1. The first-order chi connectivity index (χ1) is 10.0. The van der Waals surface area contributed by atoms with E-state index in [-0.39, 0.29) is 5.69 Å². The summed E-state index contributed by atoms with van der Waals surface area (Å²) in [6.45, 7) is 0. The molecule has 1 amide bonds. The summed E-state index contributed by atoms with van der Waals surface area (Å²) in [5.74, 6) is 0. The van der Waals surface area contributed by atoms with Crippen molar-refractivity contribution in [2.24, 2.45) is 0 Å². The Bertz CT molecular complexity index is 790. The minimum absolute atomic E-state index is 0.0861. The zero-order valence-corrected chi connectivity index (χ0v) is 13.7. The Kier molecular flexibility index (Phi) is 3.54. The molecule has 106 valence electrons. The predicted molar refractivity (Wildman–Crippen MR) is 86.4 cm³/mol. The van der Waals surface area contributed by atoms with Crippen molar-refractivity contribution in [3.8, 4) is 11.1 Å². The van der Waals surface area contributed by atoms with Crippen LogP contribution in [0.25, 0.3) is 11.1 Å². The molecule has 5 nitrogen and oxygen atoms in total. The first kappa shape index (κ1) is 14.2. The van der Waals surface area contributed by atoms with Gasteiger partial charge in [0.05, 0.1) is 10.6 Å². The molecule has 0 aliphatic heterocycles. The monoisotopic (exact) mass is 410 g/mol. The van der Waals surface area contributed by atoms with Crippen molar-refractivity contribution in [1.82, 2.24) is 0 Å². The van der Waals surface area contributed by atoms with Gasteiger partial charge in [-0.15, -0.1) is 0 Å². The number of benzene rings is 2. The molecule has 0 spiro atoms. The molecule has 0 aromatic heterocycles. The summed E-state index contributed by atoms with van der Waals surface area (Å²) >= 11 is 6.94. The lowest BCUT2D eigenvalue weighted by Crippen LogP contribution is -1.98. The SMILES string of the molecule is O=CNc1c(Br)cc2c(c1Br)Cc1cc([N+](=O)[O-])ccc1-2. The van der Waals surface area contributed by atoms with Crippen LogP contribution in [-0.4, -0.2) is 11.3 Å². The number of nitro benzene ring substituents is 1. The minimum atomic E-state index is -0.395. The first-order valence-electron chi connectivity index (χ1n) is 6.01. The predicted octanol–water partition coefficient (Wildman–Crippen LogP) is 4.26. The molecule has 7 heteroatoms. The standard InChI is InChI=1S/C14H8Br2N2O3/c15-12-5-10-9-2-1-8(18(20)21)3-7(9)4-11(10)13(16)14(12)17-6-19/h1-3,5-6H,4H2,(H,17,19). The number of fused-ring (bicyclic) bond motifs is 3. The van der Waals surface area contributed by atoms with E-state index in [4.69, 9.17) is 0 Å². The highest BCUT2D eigenvalue weighted by molar-refractivity contribution is 9.11. The summed E-state index contributed by atoms with van der Waals surface area (Å²) in [6, 6.07) is 6.80. The molecule has 3 rings (SSSR count). The van der Waals surface area contributed by atoms with Gasteiger partial charge < -0.3 is 5.32 Å². The fourth-order valence-corrected chi connectivity index (χ4v) is 4.05. The van der Waals surface area contributed by atoms with Crippen molar-refractivity contribution in [3.63, 3.8) is 0 Å². The molecule has 0 bridgehead atoms. The van der Waals surface area contributed by atoms with Crippen LogP contribution in [0.1, 0.15) is 11.1 Å². The summed E-state index contributed by atoms with van der Waals surface area (Å²) in [5.41, 5.74) is 4.66. The second-order valence-electron chi connectivity index (χ2n) is 4.61. The van der Waals surface area contributed by atoms with E-state index in [1.165, 1.54) is 6.07 Å². The van der Waals surface area contributed by atoms with E-state index in [1.54, 1.807) is 12.1 Å². The van der Waals surface area contributed by atoms with Gasteiger partial charge in [0.1, 0.15) is 0 Å². The van der Waals surface area contributed by atoms with Gasteiger partial charge in [-0.3, -0.25) is 14.9 Å². The zero-order chi connectivity index (χ0) is 15.1. The number of halogens is 2. The summed E-state index contributed by atoms with van der Waals surface area (Å²) in [5, 5.41) is 13.5. The van der Waals surface area contributed by atoms with Crippen LogP contribution in [-0.2, 0) is 11.2 Å². The number of anilines is 1. The highest BCUT2D eigenvalue weighted by atomic mass is 79.9. The van der Waals surface area contributed by atoms with Gasteiger partial charge in [0, 0.05) is 27.5 Å². The van der Waals surface area contributed by atoms with Gasteiger partial charge in [0.25, 0.3) is 5.69 Å². The number of hydrogen-bond acceptors (Lipinski definition) is 3. The molecule has 2 aromatic carbocycles. The lowest BCUT2D eigenvalue weighted by Gasteiger charge is -2.11. The number of rotatable bonds is 3. The topological polar surface area (TPSA) is 72.2 Å². The minimum Gasteiger partial charge on any atom is -0.327 e. The molecule has 21 heavy (non-hydrogen) atoms. The van der Waals surface area contributed by atoms with Crippen molar-refractivity contribution >= 4 is 49.6 Å². The molecule has 1 aliphatic rings. The molecular formula is C14H8Br2N2O3. The fourth-order valence-electron chi connectivity index (χ4n) is 2.56. The summed E-state index contributed by atoms with van der Waals surface area (Å²) in [6.07, 6.45) is 1.21. The molecule has 0 unspecified atom stereocenters. The van der Waals surface area contributed by atoms with Gasteiger partial charge in [-0.05, 0) is 66.2 Å². The Hall–Kier alpha value is -1.73. The highest BCUT2D eigenvalue weighted by Crippen LogP contribution is 2.46. The van der Waals surface area contributed by atoms with Crippen molar-refractivity contribution in [2.45, 2.75) is 6.42 Å². The van der Waals surface area contributed by atoms with E-state index in [1.807, 2.05) is 6.07 Å². The second-order valence-corrected chi connectivity index (χ2v) is 6.26. The van der Waals surface area contributed by atoms with E-state index in [0.29, 0.717) is 18.5 Å². The average molecular weight is 412 g/mol. The van der Waals surface area contributed by atoms with E-state index >= 15 is 0 Å². The van der Waals surface area contributed by atoms with Crippen LogP contribution >= 0.6 is 31.9 Å². The Balaban J connectivity index is 2.17. The third-order valence-electron chi connectivity index (χ3n) is 3.48. The van der Waals surface area contributed by atoms with Crippen molar-refractivity contribution in [2.75, 3.05) is 5.32 Å². The Morgan fingerprint density at radius 2 is 2.00 bits per heavy atom. The Labute approximate surface area is 136 Å². The van der Waals surface area contributed by atoms with E-state index < -0.39 is 4.92 Å². The van der Waals surface area contributed by atoms with Crippen LogP contribution in [0.2, 0.25) is 0 Å².